The Morgan fingerprint density at radius 3 is 2.38 bits per heavy atom. The maximum atomic E-state index is 13.0. The van der Waals surface area contributed by atoms with Crippen LogP contribution in [0.5, 0.6) is 0 Å². The van der Waals surface area contributed by atoms with Gasteiger partial charge in [-0.25, -0.2) is 4.68 Å². The van der Waals surface area contributed by atoms with E-state index in [1.807, 2.05) is 55.8 Å². The summed E-state index contributed by atoms with van der Waals surface area (Å²) in [4.78, 5) is 25.1. The second kappa shape index (κ2) is 9.19. The van der Waals surface area contributed by atoms with E-state index in [0.29, 0.717) is 23.4 Å². The summed E-state index contributed by atoms with van der Waals surface area (Å²) in [6, 6.07) is 16.8. The molecule has 6 nitrogen and oxygen atoms in total. The first-order valence-corrected chi connectivity index (χ1v) is 9.83. The molecule has 0 aliphatic rings. The van der Waals surface area contributed by atoms with Gasteiger partial charge in [-0.2, -0.15) is 5.10 Å². The third-order valence-electron chi connectivity index (χ3n) is 4.73. The molecule has 0 radical (unpaired) electrons. The number of hydrogen-bond donors (Lipinski definition) is 2. The highest BCUT2D eigenvalue weighted by Gasteiger charge is 2.18. The number of amides is 2. The van der Waals surface area contributed by atoms with Crippen LogP contribution in [0.25, 0.3) is 5.69 Å². The van der Waals surface area contributed by atoms with E-state index in [9.17, 15) is 9.59 Å². The predicted octanol–water partition coefficient (Wildman–Crippen LogP) is 4.87. The lowest BCUT2D eigenvalue weighted by molar-refractivity contribution is -0.116. The van der Waals surface area contributed by atoms with Crippen molar-refractivity contribution in [2.45, 2.75) is 40.0 Å². The summed E-state index contributed by atoms with van der Waals surface area (Å²) < 4.78 is 1.81. The molecule has 3 aromatic rings. The van der Waals surface area contributed by atoms with Crippen LogP contribution in [0.1, 0.15) is 47.9 Å². The highest BCUT2D eigenvalue weighted by molar-refractivity contribution is 6.10. The van der Waals surface area contributed by atoms with Crippen LogP contribution >= 0.6 is 0 Å². The van der Waals surface area contributed by atoms with Crippen LogP contribution in [0.2, 0.25) is 0 Å². The summed E-state index contributed by atoms with van der Waals surface area (Å²) >= 11 is 0. The van der Waals surface area contributed by atoms with Gasteiger partial charge in [0.2, 0.25) is 5.91 Å². The Morgan fingerprint density at radius 2 is 1.66 bits per heavy atom. The van der Waals surface area contributed by atoms with Crippen molar-refractivity contribution in [2.24, 2.45) is 0 Å². The van der Waals surface area contributed by atoms with E-state index < -0.39 is 0 Å². The second-order valence-electron chi connectivity index (χ2n) is 6.94. The molecule has 2 aromatic carbocycles. The Kier molecular flexibility index (Phi) is 6.44. The number of hydrogen-bond acceptors (Lipinski definition) is 3. The lowest BCUT2D eigenvalue weighted by Gasteiger charge is -2.12. The average molecular weight is 390 g/mol. The lowest BCUT2D eigenvalue weighted by Crippen LogP contribution is -2.18. The third kappa shape index (κ3) is 4.71. The van der Waals surface area contributed by atoms with E-state index >= 15 is 0 Å². The lowest BCUT2D eigenvalue weighted by atomic mass is 10.1. The largest absolute Gasteiger partial charge is 0.325 e. The third-order valence-corrected chi connectivity index (χ3v) is 4.73. The maximum Gasteiger partial charge on any atom is 0.257 e. The van der Waals surface area contributed by atoms with E-state index in [2.05, 4.69) is 15.7 Å². The molecule has 0 spiro atoms. The minimum atomic E-state index is -0.282. The molecule has 150 valence electrons. The molecule has 0 atom stereocenters. The molecule has 2 N–H and O–H groups in total. The van der Waals surface area contributed by atoms with E-state index in [1.165, 1.54) is 0 Å². The molecule has 2 amide bonds. The Hall–Kier alpha value is -3.41. The number of anilines is 2. The molecular formula is C23H26N4O2. The van der Waals surface area contributed by atoms with Gasteiger partial charge in [0, 0.05) is 6.42 Å². The molecule has 0 saturated carbocycles. The number of unbranched alkanes of at least 4 members (excludes halogenated alkanes) is 1. The molecule has 6 heteroatoms. The van der Waals surface area contributed by atoms with Crippen molar-refractivity contribution in [1.82, 2.24) is 9.78 Å². The zero-order chi connectivity index (χ0) is 20.8. The summed E-state index contributed by atoms with van der Waals surface area (Å²) in [6.45, 7) is 5.82. The minimum Gasteiger partial charge on any atom is -0.325 e. The number of carbonyl (C=O) groups is 2. The summed E-state index contributed by atoms with van der Waals surface area (Å²) in [5, 5.41) is 10.4. The standard InChI is InChI=1S/C23H26N4O2/c1-4-5-15-21(28)24-20-14-10-9-13-19(20)23(29)25-22-16(2)26-27(17(22)3)18-11-7-6-8-12-18/h6-14H,4-5,15H2,1-3H3,(H,24,28)(H,25,29). The number of nitrogens with one attached hydrogen (secondary N) is 2. The van der Waals surface area contributed by atoms with Gasteiger partial charge in [-0.05, 0) is 44.5 Å². The number of aromatic nitrogens is 2. The van der Waals surface area contributed by atoms with Crippen LogP contribution in [0.3, 0.4) is 0 Å². The van der Waals surface area contributed by atoms with Crippen LogP contribution in [0.15, 0.2) is 54.6 Å². The SMILES string of the molecule is CCCCC(=O)Nc1ccccc1C(=O)Nc1c(C)nn(-c2ccccc2)c1C. The first-order chi connectivity index (χ1) is 14.0. The zero-order valence-corrected chi connectivity index (χ0v) is 17.0. The molecule has 3 rings (SSSR count). The first-order valence-electron chi connectivity index (χ1n) is 9.83. The van der Waals surface area contributed by atoms with Gasteiger partial charge in [0.05, 0.1) is 34.0 Å². The Labute approximate surface area is 170 Å². The summed E-state index contributed by atoms with van der Waals surface area (Å²) in [6.07, 6.45) is 2.20. The van der Waals surface area contributed by atoms with Crippen molar-refractivity contribution < 1.29 is 9.59 Å². The molecule has 0 bridgehead atoms. The monoisotopic (exact) mass is 390 g/mol. The molecule has 0 aliphatic carbocycles. The Morgan fingerprint density at radius 1 is 0.966 bits per heavy atom. The normalized spacial score (nSPS) is 10.6. The van der Waals surface area contributed by atoms with Gasteiger partial charge >= 0.3 is 0 Å². The smallest absolute Gasteiger partial charge is 0.257 e. The maximum absolute atomic E-state index is 13.0. The van der Waals surface area contributed by atoms with Gasteiger partial charge in [0.1, 0.15) is 0 Å². The molecule has 29 heavy (non-hydrogen) atoms. The van der Waals surface area contributed by atoms with E-state index in [1.54, 1.807) is 24.3 Å². The molecule has 1 heterocycles. The quantitative estimate of drug-likeness (QED) is 0.604. The van der Waals surface area contributed by atoms with Crippen LogP contribution in [-0.4, -0.2) is 21.6 Å². The highest BCUT2D eigenvalue weighted by atomic mass is 16.2. The fourth-order valence-corrected chi connectivity index (χ4v) is 3.17. The van der Waals surface area contributed by atoms with Crippen molar-refractivity contribution >= 4 is 23.2 Å². The summed E-state index contributed by atoms with van der Waals surface area (Å²) in [5.74, 6) is -0.369. The van der Waals surface area contributed by atoms with Gasteiger partial charge in [-0.15, -0.1) is 0 Å². The van der Waals surface area contributed by atoms with E-state index in [0.717, 1.165) is 29.9 Å². The van der Waals surface area contributed by atoms with Gasteiger partial charge in [-0.1, -0.05) is 43.7 Å². The molecule has 1 aromatic heterocycles. The highest BCUT2D eigenvalue weighted by Crippen LogP contribution is 2.25. The van der Waals surface area contributed by atoms with Crippen molar-refractivity contribution in [1.29, 1.82) is 0 Å². The molecule has 0 aliphatic heterocycles. The number of aryl methyl sites for hydroxylation is 1. The van der Waals surface area contributed by atoms with Crippen molar-refractivity contribution in [3.63, 3.8) is 0 Å². The molecule has 0 unspecified atom stereocenters. The van der Waals surface area contributed by atoms with Crippen LogP contribution in [-0.2, 0) is 4.79 Å². The number of para-hydroxylation sites is 2. The molecule has 0 fully saturated rings. The van der Waals surface area contributed by atoms with Crippen molar-refractivity contribution in [3.05, 3.63) is 71.5 Å². The first kappa shape index (κ1) is 20.3. The van der Waals surface area contributed by atoms with Gasteiger partial charge in [-0.3, -0.25) is 9.59 Å². The van der Waals surface area contributed by atoms with E-state index in [4.69, 9.17) is 0 Å². The van der Waals surface area contributed by atoms with Gasteiger partial charge in [0.15, 0.2) is 0 Å². The van der Waals surface area contributed by atoms with Crippen LogP contribution in [0.4, 0.5) is 11.4 Å². The number of nitrogens with zero attached hydrogens (tertiary/aromatic N) is 2. The number of benzene rings is 2. The van der Waals surface area contributed by atoms with Crippen molar-refractivity contribution in [2.75, 3.05) is 10.6 Å². The van der Waals surface area contributed by atoms with Crippen LogP contribution in [0, 0.1) is 13.8 Å². The fraction of sp³-hybridized carbons (Fsp3) is 0.261. The van der Waals surface area contributed by atoms with E-state index in [-0.39, 0.29) is 11.8 Å². The van der Waals surface area contributed by atoms with Gasteiger partial charge in [0.25, 0.3) is 5.91 Å². The molecular weight excluding hydrogens is 364 g/mol. The Bertz CT molecular complexity index is 1010. The number of carbonyl (C=O) groups excluding carboxylic acids is 2. The molecule has 0 saturated heterocycles. The minimum absolute atomic E-state index is 0.0867. The average Bonchev–Trinajstić information content (AvgIpc) is 3.01. The fourth-order valence-electron chi connectivity index (χ4n) is 3.17. The summed E-state index contributed by atoms with van der Waals surface area (Å²) in [5.41, 5.74) is 4.10. The predicted molar refractivity (Wildman–Crippen MR) is 116 cm³/mol. The van der Waals surface area contributed by atoms with Crippen LogP contribution < -0.4 is 10.6 Å². The number of rotatable bonds is 7. The van der Waals surface area contributed by atoms with Crippen molar-refractivity contribution in [3.8, 4) is 5.69 Å². The summed E-state index contributed by atoms with van der Waals surface area (Å²) in [7, 11) is 0. The Balaban J connectivity index is 1.83. The zero-order valence-electron chi connectivity index (χ0n) is 17.0. The second-order valence-corrected chi connectivity index (χ2v) is 6.94. The van der Waals surface area contributed by atoms with Gasteiger partial charge < -0.3 is 10.6 Å². The topological polar surface area (TPSA) is 76.0 Å².